The summed E-state index contributed by atoms with van der Waals surface area (Å²) in [6.45, 7) is -0.357. The monoisotopic (exact) mass is 640 g/mol. The summed E-state index contributed by atoms with van der Waals surface area (Å²) >= 11 is 12.9. The molecule has 2 aromatic carbocycles. The molecule has 0 amide bonds. The lowest BCUT2D eigenvalue weighted by molar-refractivity contribution is -0.141. The Balaban J connectivity index is 1.88. The maximum Gasteiger partial charge on any atom is 0.331 e. The van der Waals surface area contributed by atoms with Crippen LogP contribution in [0.25, 0.3) is 0 Å². The van der Waals surface area contributed by atoms with E-state index in [-0.39, 0.29) is 24.7 Å². The van der Waals surface area contributed by atoms with E-state index in [0.717, 1.165) is 12.2 Å². The van der Waals surface area contributed by atoms with Crippen molar-refractivity contribution in [2.24, 2.45) is 0 Å². The first kappa shape index (κ1) is 22.9. The minimum atomic E-state index is -0.777. The number of hydrogen-bond acceptors (Lipinski definition) is 6. The molecule has 0 spiro atoms. The molecule has 0 aliphatic rings. The predicted molar refractivity (Wildman–Crippen MR) is 116 cm³/mol. The summed E-state index contributed by atoms with van der Waals surface area (Å²) in [5.41, 5.74) is 0.780. The van der Waals surface area contributed by atoms with Crippen LogP contribution in [-0.4, -0.2) is 22.2 Å². The maximum atomic E-state index is 11.7. The van der Waals surface area contributed by atoms with Crippen molar-refractivity contribution in [1.29, 1.82) is 0 Å². The van der Waals surface area contributed by atoms with Crippen molar-refractivity contribution in [3.05, 3.63) is 65.4 Å². The molecule has 0 radical (unpaired) electrons. The smallest absolute Gasteiger partial charge is 0.331 e. The second-order valence-electron chi connectivity index (χ2n) is 5.34. The van der Waals surface area contributed by atoms with Crippen molar-refractivity contribution in [3.63, 3.8) is 0 Å². The third-order valence-corrected chi connectivity index (χ3v) is 5.43. The number of phenols is 2. The number of hydrogen-bond donors (Lipinski definition) is 2. The van der Waals surface area contributed by atoms with Crippen LogP contribution >= 0.6 is 63.7 Å². The van der Waals surface area contributed by atoms with Crippen molar-refractivity contribution < 1.29 is 29.3 Å². The fraction of sp³-hybridized carbons (Fsp3) is 0.111. The summed E-state index contributed by atoms with van der Waals surface area (Å²) in [7, 11) is 0. The molecule has 148 valence electrons. The van der Waals surface area contributed by atoms with Crippen LogP contribution in [0, 0.1) is 0 Å². The Bertz CT molecular complexity index is 867. The van der Waals surface area contributed by atoms with Gasteiger partial charge in [-0.15, -0.1) is 0 Å². The molecule has 0 heterocycles. The highest BCUT2D eigenvalue weighted by molar-refractivity contribution is 9.11. The number of esters is 2. The molecule has 0 fully saturated rings. The van der Waals surface area contributed by atoms with Crippen molar-refractivity contribution in [2.75, 3.05) is 0 Å². The average molecular weight is 644 g/mol. The van der Waals surface area contributed by atoms with Crippen molar-refractivity contribution in [1.82, 2.24) is 0 Å². The third-order valence-electron chi connectivity index (χ3n) is 3.31. The van der Waals surface area contributed by atoms with Gasteiger partial charge in [-0.25, -0.2) is 9.59 Å². The molecule has 6 nitrogen and oxygen atoms in total. The van der Waals surface area contributed by atoms with E-state index in [2.05, 4.69) is 63.7 Å². The van der Waals surface area contributed by atoms with Gasteiger partial charge >= 0.3 is 11.9 Å². The molecule has 0 aromatic heterocycles. The molecule has 0 bridgehead atoms. The van der Waals surface area contributed by atoms with E-state index >= 15 is 0 Å². The van der Waals surface area contributed by atoms with Crippen molar-refractivity contribution in [2.45, 2.75) is 13.2 Å². The first-order valence-corrected chi connectivity index (χ1v) is 10.7. The van der Waals surface area contributed by atoms with E-state index < -0.39 is 11.9 Å². The van der Waals surface area contributed by atoms with Gasteiger partial charge in [0.2, 0.25) is 0 Å². The molecule has 0 unspecified atom stereocenters. The van der Waals surface area contributed by atoms with Crippen LogP contribution in [0.3, 0.4) is 0 Å². The number of halogens is 4. The first-order chi connectivity index (χ1) is 13.2. The van der Waals surface area contributed by atoms with Gasteiger partial charge in [-0.1, -0.05) is 31.9 Å². The van der Waals surface area contributed by atoms with Gasteiger partial charge in [0, 0.05) is 32.2 Å². The number of rotatable bonds is 6. The zero-order chi connectivity index (χ0) is 20.8. The Morgan fingerprint density at radius 1 is 0.750 bits per heavy atom. The van der Waals surface area contributed by atoms with Crippen LogP contribution in [0.15, 0.2) is 54.3 Å². The third kappa shape index (κ3) is 6.61. The highest BCUT2D eigenvalue weighted by Gasteiger charge is 2.11. The van der Waals surface area contributed by atoms with Crippen LogP contribution in [0.4, 0.5) is 0 Å². The molecule has 28 heavy (non-hydrogen) atoms. The van der Waals surface area contributed by atoms with Crippen molar-refractivity contribution >= 4 is 75.7 Å². The van der Waals surface area contributed by atoms with Crippen molar-refractivity contribution in [3.8, 4) is 11.5 Å². The predicted octanol–water partition coefficient (Wildman–Crippen LogP) is 5.49. The SMILES string of the molecule is O=C(C=CC(=O)OCc1cc(Br)cc(Br)c1O)OCc1cc(Br)cc(Br)c1O. The minimum absolute atomic E-state index is 0.0422. The zero-order valence-corrected chi connectivity index (χ0v) is 20.3. The molecule has 2 N–H and O–H groups in total. The quantitative estimate of drug-likeness (QED) is 0.320. The topological polar surface area (TPSA) is 93.1 Å². The second-order valence-corrected chi connectivity index (χ2v) is 8.88. The van der Waals surface area contributed by atoms with Crippen LogP contribution in [0.2, 0.25) is 0 Å². The zero-order valence-electron chi connectivity index (χ0n) is 13.9. The number of phenolic OH excluding ortho intramolecular Hbond substituents is 2. The summed E-state index contributed by atoms with van der Waals surface area (Å²) in [4.78, 5) is 23.5. The number of carbonyl (C=O) groups is 2. The Morgan fingerprint density at radius 3 is 1.46 bits per heavy atom. The summed E-state index contributed by atoms with van der Waals surface area (Å²) in [6.07, 6.45) is 1.84. The molecule has 2 aromatic rings. The molecule has 0 saturated carbocycles. The lowest BCUT2D eigenvalue weighted by atomic mass is 10.2. The largest absolute Gasteiger partial charge is 0.506 e. The van der Waals surface area contributed by atoms with E-state index in [1.807, 2.05) is 0 Å². The van der Waals surface area contributed by atoms with E-state index in [1.165, 1.54) is 0 Å². The first-order valence-electron chi connectivity index (χ1n) is 7.52. The molecule has 0 saturated heterocycles. The van der Waals surface area contributed by atoms with Gasteiger partial charge in [0.05, 0.1) is 8.95 Å². The number of carbonyl (C=O) groups excluding carboxylic acids is 2. The molecule has 0 aliphatic carbocycles. The molecular formula is C18H12Br4O6. The van der Waals surface area contributed by atoms with E-state index in [4.69, 9.17) is 9.47 Å². The van der Waals surface area contributed by atoms with Gasteiger partial charge in [-0.3, -0.25) is 0 Å². The Hall–Kier alpha value is -1.36. The number of ether oxygens (including phenoxy) is 2. The molecule has 0 atom stereocenters. The number of benzene rings is 2. The average Bonchev–Trinajstić information content (AvgIpc) is 2.63. The molecule has 0 aliphatic heterocycles. The molecule has 2 rings (SSSR count). The minimum Gasteiger partial charge on any atom is -0.506 e. The Kier molecular flexibility index (Phi) is 8.54. The maximum absolute atomic E-state index is 11.7. The second kappa shape index (κ2) is 10.4. The van der Waals surface area contributed by atoms with E-state index in [0.29, 0.717) is 29.0 Å². The van der Waals surface area contributed by atoms with Gasteiger partial charge in [0.25, 0.3) is 0 Å². The molecular weight excluding hydrogens is 632 g/mol. The lowest BCUT2D eigenvalue weighted by Gasteiger charge is -2.08. The standard InChI is InChI=1S/C18H12Br4O6/c19-11-3-9(17(25)13(21)5-11)7-27-15(23)1-2-16(24)28-8-10-4-12(20)6-14(22)18(10)26/h1-6,25-26H,7-8H2. The van der Waals surface area contributed by atoms with E-state index in [1.54, 1.807) is 24.3 Å². The van der Waals surface area contributed by atoms with Gasteiger partial charge in [-0.2, -0.15) is 0 Å². The fourth-order valence-corrected chi connectivity index (χ4v) is 4.62. The Morgan fingerprint density at radius 2 is 1.11 bits per heavy atom. The summed E-state index contributed by atoms with van der Waals surface area (Å²) < 4.78 is 12.3. The number of aromatic hydroxyl groups is 2. The van der Waals surface area contributed by atoms with E-state index in [9.17, 15) is 19.8 Å². The lowest BCUT2D eigenvalue weighted by Crippen LogP contribution is -2.05. The van der Waals surface area contributed by atoms with Crippen LogP contribution in [0.5, 0.6) is 11.5 Å². The van der Waals surface area contributed by atoms with Gasteiger partial charge in [0.15, 0.2) is 0 Å². The van der Waals surface area contributed by atoms with Crippen LogP contribution < -0.4 is 0 Å². The van der Waals surface area contributed by atoms with Crippen LogP contribution in [-0.2, 0) is 32.3 Å². The highest BCUT2D eigenvalue weighted by Crippen LogP contribution is 2.33. The summed E-state index contributed by atoms with van der Waals surface area (Å²) in [6, 6.07) is 6.51. The fourth-order valence-electron chi connectivity index (χ4n) is 1.99. The Labute approximate surface area is 194 Å². The highest BCUT2D eigenvalue weighted by atomic mass is 79.9. The van der Waals surface area contributed by atoms with Gasteiger partial charge in [0.1, 0.15) is 24.7 Å². The summed E-state index contributed by atoms with van der Waals surface area (Å²) in [5, 5.41) is 19.8. The van der Waals surface area contributed by atoms with Gasteiger partial charge < -0.3 is 19.7 Å². The normalized spacial score (nSPS) is 10.9. The molecule has 10 heteroatoms. The van der Waals surface area contributed by atoms with Gasteiger partial charge in [-0.05, 0) is 56.1 Å². The summed E-state index contributed by atoms with van der Waals surface area (Å²) in [5.74, 6) is -1.64. The van der Waals surface area contributed by atoms with Crippen LogP contribution in [0.1, 0.15) is 11.1 Å².